The maximum absolute atomic E-state index is 11.6. The molecule has 0 aliphatic heterocycles. The number of amides is 1. The van der Waals surface area contributed by atoms with Gasteiger partial charge in [-0.25, -0.2) is 4.79 Å². The first-order chi connectivity index (χ1) is 7.06. The van der Waals surface area contributed by atoms with Gasteiger partial charge in [-0.15, -0.1) is 0 Å². The summed E-state index contributed by atoms with van der Waals surface area (Å²) >= 11 is 3.40. The van der Waals surface area contributed by atoms with Crippen molar-refractivity contribution in [1.82, 2.24) is 5.32 Å². The third-order valence-corrected chi connectivity index (χ3v) is 2.59. The van der Waals surface area contributed by atoms with Crippen molar-refractivity contribution in [2.24, 2.45) is 5.41 Å². The van der Waals surface area contributed by atoms with Gasteiger partial charge in [0.1, 0.15) is 5.60 Å². The largest absolute Gasteiger partial charge is 0.444 e. The number of halogens is 1. The predicted octanol–water partition coefficient (Wildman–Crippen LogP) is 3.71. The van der Waals surface area contributed by atoms with Gasteiger partial charge >= 0.3 is 6.09 Å². The van der Waals surface area contributed by atoms with E-state index in [9.17, 15) is 4.79 Å². The Kier molecular flexibility index (Phi) is 5.80. The summed E-state index contributed by atoms with van der Waals surface area (Å²) in [5.74, 6) is 0. The molecule has 4 heteroatoms. The summed E-state index contributed by atoms with van der Waals surface area (Å²) < 4.78 is 5.24. The molecular weight excluding hydrogens is 270 g/mol. The quantitative estimate of drug-likeness (QED) is 0.806. The van der Waals surface area contributed by atoms with Gasteiger partial charge in [0.25, 0.3) is 0 Å². The lowest BCUT2D eigenvalue weighted by Crippen LogP contribution is -2.46. The van der Waals surface area contributed by atoms with Crippen molar-refractivity contribution in [3.8, 4) is 0 Å². The van der Waals surface area contributed by atoms with Crippen LogP contribution in [0.3, 0.4) is 0 Å². The SMILES string of the molecule is CC(C)(C)OC(=O)N[C@@H](CCBr)C(C)(C)C. The summed E-state index contributed by atoms with van der Waals surface area (Å²) in [6.45, 7) is 11.9. The molecule has 0 heterocycles. The van der Waals surface area contributed by atoms with Crippen LogP contribution in [0.15, 0.2) is 0 Å². The first-order valence-electron chi connectivity index (χ1n) is 5.62. The van der Waals surface area contributed by atoms with Gasteiger partial charge in [0, 0.05) is 11.4 Å². The fraction of sp³-hybridized carbons (Fsp3) is 0.917. The van der Waals surface area contributed by atoms with Crippen LogP contribution in [0.4, 0.5) is 4.79 Å². The third kappa shape index (κ3) is 7.09. The highest BCUT2D eigenvalue weighted by Crippen LogP contribution is 2.23. The Hall–Kier alpha value is -0.250. The van der Waals surface area contributed by atoms with E-state index in [0.717, 1.165) is 11.8 Å². The van der Waals surface area contributed by atoms with E-state index < -0.39 is 5.60 Å². The average molecular weight is 294 g/mol. The summed E-state index contributed by atoms with van der Waals surface area (Å²) in [5.41, 5.74) is -0.411. The van der Waals surface area contributed by atoms with Crippen LogP contribution >= 0.6 is 15.9 Å². The van der Waals surface area contributed by atoms with Gasteiger partial charge in [-0.2, -0.15) is 0 Å². The zero-order valence-corrected chi connectivity index (χ0v) is 12.8. The molecule has 0 bridgehead atoms. The Bertz CT molecular complexity index is 228. The van der Waals surface area contributed by atoms with E-state index in [1.54, 1.807) is 0 Å². The molecule has 0 unspecified atom stereocenters. The first-order valence-corrected chi connectivity index (χ1v) is 6.74. The number of carbonyl (C=O) groups excluding carboxylic acids is 1. The van der Waals surface area contributed by atoms with Crippen LogP contribution < -0.4 is 5.32 Å². The van der Waals surface area contributed by atoms with Gasteiger partial charge in [0.2, 0.25) is 0 Å². The Morgan fingerprint density at radius 3 is 2.06 bits per heavy atom. The molecule has 96 valence electrons. The Balaban J connectivity index is 4.36. The smallest absolute Gasteiger partial charge is 0.407 e. The Labute approximate surface area is 107 Å². The number of hydrogen-bond donors (Lipinski definition) is 1. The highest BCUT2D eigenvalue weighted by atomic mass is 79.9. The zero-order valence-electron chi connectivity index (χ0n) is 11.2. The molecule has 0 aliphatic carbocycles. The lowest BCUT2D eigenvalue weighted by Gasteiger charge is -2.32. The highest BCUT2D eigenvalue weighted by Gasteiger charge is 2.27. The number of ether oxygens (including phenoxy) is 1. The second-order valence-electron chi connectivity index (χ2n) is 6.04. The molecule has 3 nitrogen and oxygen atoms in total. The summed E-state index contributed by atoms with van der Waals surface area (Å²) in [4.78, 5) is 11.6. The topological polar surface area (TPSA) is 38.3 Å². The highest BCUT2D eigenvalue weighted by molar-refractivity contribution is 9.09. The van der Waals surface area contributed by atoms with Gasteiger partial charge in [0.05, 0.1) is 0 Å². The molecule has 0 aromatic heterocycles. The molecule has 0 spiro atoms. The summed E-state index contributed by atoms with van der Waals surface area (Å²) in [5, 5.41) is 3.79. The number of hydrogen-bond acceptors (Lipinski definition) is 2. The minimum Gasteiger partial charge on any atom is -0.444 e. The molecule has 0 aromatic carbocycles. The standard InChI is InChI=1S/C12H24BrNO2/c1-11(2,3)9(7-8-13)14-10(15)16-12(4,5)6/h9H,7-8H2,1-6H3,(H,14,15)/t9-/m0/s1. The Morgan fingerprint density at radius 2 is 1.75 bits per heavy atom. The Morgan fingerprint density at radius 1 is 1.25 bits per heavy atom. The summed E-state index contributed by atoms with van der Waals surface area (Å²) in [6.07, 6.45) is 0.552. The van der Waals surface area contributed by atoms with E-state index in [0.29, 0.717) is 0 Å². The van der Waals surface area contributed by atoms with Crippen molar-refractivity contribution in [2.45, 2.75) is 59.6 Å². The van der Waals surface area contributed by atoms with Crippen LogP contribution in [-0.4, -0.2) is 23.1 Å². The zero-order chi connectivity index (χ0) is 13.0. The van der Waals surface area contributed by atoms with Crippen LogP contribution in [0.1, 0.15) is 48.0 Å². The maximum Gasteiger partial charge on any atom is 0.407 e. The van der Waals surface area contributed by atoms with Crippen molar-refractivity contribution in [2.75, 3.05) is 5.33 Å². The molecule has 1 atom stereocenters. The van der Waals surface area contributed by atoms with Crippen LogP contribution in [0.5, 0.6) is 0 Å². The normalized spacial score (nSPS) is 14.4. The van der Waals surface area contributed by atoms with E-state index >= 15 is 0 Å². The van der Waals surface area contributed by atoms with Crippen molar-refractivity contribution in [1.29, 1.82) is 0 Å². The fourth-order valence-corrected chi connectivity index (χ4v) is 1.74. The monoisotopic (exact) mass is 293 g/mol. The van der Waals surface area contributed by atoms with Crippen LogP contribution in [0.2, 0.25) is 0 Å². The van der Waals surface area contributed by atoms with E-state index in [4.69, 9.17) is 4.74 Å². The summed E-state index contributed by atoms with van der Waals surface area (Å²) in [7, 11) is 0. The number of alkyl carbamates (subject to hydrolysis) is 1. The van der Waals surface area contributed by atoms with Crippen LogP contribution in [-0.2, 0) is 4.74 Å². The van der Waals surface area contributed by atoms with E-state index in [2.05, 4.69) is 42.0 Å². The van der Waals surface area contributed by atoms with Gasteiger partial charge in [-0.1, -0.05) is 36.7 Å². The van der Waals surface area contributed by atoms with E-state index in [1.807, 2.05) is 20.8 Å². The van der Waals surface area contributed by atoms with Crippen molar-refractivity contribution >= 4 is 22.0 Å². The lowest BCUT2D eigenvalue weighted by atomic mass is 9.85. The molecule has 0 saturated carbocycles. The lowest BCUT2D eigenvalue weighted by molar-refractivity contribution is 0.0462. The molecule has 0 rings (SSSR count). The maximum atomic E-state index is 11.6. The van der Waals surface area contributed by atoms with E-state index in [-0.39, 0.29) is 17.6 Å². The molecule has 0 saturated heterocycles. The minimum atomic E-state index is -0.444. The second kappa shape index (κ2) is 5.89. The molecular formula is C12H24BrNO2. The third-order valence-electron chi connectivity index (χ3n) is 2.13. The number of carbonyl (C=O) groups is 1. The van der Waals surface area contributed by atoms with Crippen LogP contribution in [0, 0.1) is 5.41 Å². The molecule has 16 heavy (non-hydrogen) atoms. The van der Waals surface area contributed by atoms with Gasteiger partial charge < -0.3 is 10.1 Å². The first kappa shape index (κ1) is 15.8. The molecule has 0 radical (unpaired) electrons. The van der Waals surface area contributed by atoms with Crippen LogP contribution in [0.25, 0.3) is 0 Å². The minimum absolute atomic E-state index is 0.0324. The fourth-order valence-electron chi connectivity index (χ4n) is 1.28. The van der Waals surface area contributed by atoms with Gasteiger partial charge in [-0.05, 0) is 32.6 Å². The molecule has 0 aliphatic rings. The summed E-state index contributed by atoms with van der Waals surface area (Å²) in [6, 6.07) is 0.113. The predicted molar refractivity (Wildman–Crippen MR) is 71.0 cm³/mol. The average Bonchev–Trinajstić information content (AvgIpc) is 1.97. The number of nitrogens with one attached hydrogen (secondary N) is 1. The molecule has 0 aromatic rings. The second-order valence-corrected chi connectivity index (χ2v) is 6.84. The van der Waals surface area contributed by atoms with Gasteiger partial charge in [0.15, 0.2) is 0 Å². The number of alkyl halides is 1. The van der Waals surface area contributed by atoms with Crippen molar-refractivity contribution in [3.63, 3.8) is 0 Å². The molecule has 1 amide bonds. The molecule has 0 fully saturated rings. The molecule has 1 N–H and O–H groups in total. The number of rotatable bonds is 3. The van der Waals surface area contributed by atoms with Crippen molar-refractivity contribution in [3.05, 3.63) is 0 Å². The van der Waals surface area contributed by atoms with Gasteiger partial charge in [-0.3, -0.25) is 0 Å². The van der Waals surface area contributed by atoms with E-state index in [1.165, 1.54) is 0 Å². The van der Waals surface area contributed by atoms with Crippen molar-refractivity contribution < 1.29 is 9.53 Å².